The molecule has 1 saturated carbocycles. The van der Waals surface area contributed by atoms with Crippen LogP contribution in [-0.2, 0) is 6.42 Å². The van der Waals surface area contributed by atoms with Crippen LogP contribution in [0, 0.1) is 0 Å². The summed E-state index contributed by atoms with van der Waals surface area (Å²) in [5, 5.41) is 12.5. The van der Waals surface area contributed by atoms with E-state index < -0.39 is 0 Å². The van der Waals surface area contributed by atoms with Crippen molar-refractivity contribution in [1.29, 1.82) is 0 Å². The van der Waals surface area contributed by atoms with E-state index in [9.17, 15) is 0 Å². The maximum absolute atomic E-state index is 8.70. The summed E-state index contributed by atoms with van der Waals surface area (Å²) in [4.78, 5) is 4.21. The molecule has 1 heterocycles. The van der Waals surface area contributed by atoms with Gasteiger partial charge in [0.05, 0.1) is 12.5 Å². The van der Waals surface area contributed by atoms with E-state index in [2.05, 4.69) is 10.1 Å². The Balaban J connectivity index is 2.08. The maximum atomic E-state index is 8.70. The normalized spacial score (nSPS) is 27.0. The van der Waals surface area contributed by atoms with Crippen molar-refractivity contribution in [3.05, 3.63) is 11.7 Å². The predicted octanol–water partition coefficient (Wildman–Crippen LogP) is 0.199. The lowest BCUT2D eigenvalue weighted by Gasteiger charge is -2.08. The number of nitrogens with zero attached hydrogens (tertiary/aromatic N) is 2. The molecule has 5 nitrogen and oxygen atoms in total. The Morgan fingerprint density at radius 1 is 1.50 bits per heavy atom. The van der Waals surface area contributed by atoms with Crippen LogP contribution in [0.2, 0.25) is 0 Å². The second kappa shape index (κ2) is 4.06. The van der Waals surface area contributed by atoms with Crippen LogP contribution < -0.4 is 5.73 Å². The van der Waals surface area contributed by atoms with E-state index >= 15 is 0 Å². The van der Waals surface area contributed by atoms with E-state index in [1.165, 1.54) is 0 Å². The smallest absolute Gasteiger partial charge is 0.231 e. The molecule has 1 aliphatic rings. The minimum absolute atomic E-state index is 0.0513. The molecule has 2 unspecified atom stereocenters. The summed E-state index contributed by atoms with van der Waals surface area (Å²) >= 11 is 0. The van der Waals surface area contributed by atoms with E-state index in [0.29, 0.717) is 18.1 Å². The van der Waals surface area contributed by atoms with Crippen molar-refractivity contribution in [2.75, 3.05) is 6.61 Å². The van der Waals surface area contributed by atoms with Gasteiger partial charge in [-0.15, -0.1) is 0 Å². The van der Waals surface area contributed by atoms with Crippen molar-refractivity contribution in [1.82, 2.24) is 10.1 Å². The molecule has 78 valence electrons. The SMILES string of the molecule is NC1CCCC1c1nc(CCO)no1. The van der Waals surface area contributed by atoms with E-state index in [0.717, 1.165) is 19.3 Å². The van der Waals surface area contributed by atoms with Gasteiger partial charge >= 0.3 is 0 Å². The van der Waals surface area contributed by atoms with Crippen LogP contribution in [-0.4, -0.2) is 27.9 Å². The highest BCUT2D eigenvalue weighted by Crippen LogP contribution is 2.32. The van der Waals surface area contributed by atoms with Gasteiger partial charge in [0, 0.05) is 12.5 Å². The van der Waals surface area contributed by atoms with Gasteiger partial charge in [0.25, 0.3) is 0 Å². The van der Waals surface area contributed by atoms with Crippen molar-refractivity contribution in [3.63, 3.8) is 0 Å². The van der Waals surface area contributed by atoms with Crippen molar-refractivity contribution in [2.45, 2.75) is 37.6 Å². The Kier molecular flexibility index (Phi) is 2.79. The zero-order valence-electron chi connectivity index (χ0n) is 8.02. The number of aliphatic hydroxyl groups is 1. The summed E-state index contributed by atoms with van der Waals surface area (Å²) in [5.41, 5.74) is 5.92. The monoisotopic (exact) mass is 197 g/mol. The minimum Gasteiger partial charge on any atom is -0.396 e. The van der Waals surface area contributed by atoms with Gasteiger partial charge in [-0.1, -0.05) is 11.6 Å². The van der Waals surface area contributed by atoms with Gasteiger partial charge in [0.1, 0.15) is 0 Å². The highest BCUT2D eigenvalue weighted by Gasteiger charge is 2.30. The number of nitrogens with two attached hydrogens (primary N) is 1. The first-order valence-corrected chi connectivity index (χ1v) is 5.00. The lowest BCUT2D eigenvalue weighted by atomic mass is 10.1. The molecule has 5 heteroatoms. The molecule has 1 aromatic rings. The molecule has 1 aliphatic carbocycles. The molecule has 1 fully saturated rings. The summed E-state index contributed by atoms with van der Waals surface area (Å²) in [6.07, 6.45) is 3.64. The van der Waals surface area contributed by atoms with Gasteiger partial charge < -0.3 is 15.4 Å². The molecule has 0 spiro atoms. The average molecular weight is 197 g/mol. The molecule has 0 aromatic carbocycles. The van der Waals surface area contributed by atoms with Crippen LogP contribution in [0.4, 0.5) is 0 Å². The topological polar surface area (TPSA) is 85.2 Å². The molecule has 2 rings (SSSR count). The van der Waals surface area contributed by atoms with E-state index in [1.807, 2.05) is 0 Å². The second-order valence-electron chi connectivity index (χ2n) is 3.72. The molecule has 0 bridgehead atoms. The van der Waals surface area contributed by atoms with Crippen molar-refractivity contribution in [3.8, 4) is 0 Å². The largest absolute Gasteiger partial charge is 0.396 e. The third-order valence-corrected chi connectivity index (χ3v) is 2.71. The molecule has 1 aromatic heterocycles. The molecule has 0 amide bonds. The van der Waals surface area contributed by atoms with Crippen LogP contribution in [0.1, 0.15) is 36.9 Å². The molecule has 0 aliphatic heterocycles. The zero-order chi connectivity index (χ0) is 9.97. The van der Waals surface area contributed by atoms with Crippen LogP contribution >= 0.6 is 0 Å². The first-order chi connectivity index (χ1) is 6.81. The Bertz CT molecular complexity index is 300. The van der Waals surface area contributed by atoms with Crippen molar-refractivity contribution < 1.29 is 9.63 Å². The van der Waals surface area contributed by atoms with Gasteiger partial charge in [-0.3, -0.25) is 0 Å². The van der Waals surface area contributed by atoms with Crippen LogP contribution in [0.15, 0.2) is 4.52 Å². The second-order valence-corrected chi connectivity index (χ2v) is 3.72. The maximum Gasteiger partial charge on any atom is 0.231 e. The first kappa shape index (κ1) is 9.61. The van der Waals surface area contributed by atoms with Crippen molar-refractivity contribution >= 4 is 0 Å². The molecule has 14 heavy (non-hydrogen) atoms. The molecular formula is C9H15N3O2. The van der Waals surface area contributed by atoms with Gasteiger partial charge in [0.15, 0.2) is 5.82 Å². The summed E-state index contributed by atoms with van der Waals surface area (Å²) in [6.45, 7) is 0.0513. The number of hydrogen-bond acceptors (Lipinski definition) is 5. The number of aromatic nitrogens is 2. The van der Waals surface area contributed by atoms with Crippen LogP contribution in [0.25, 0.3) is 0 Å². The van der Waals surface area contributed by atoms with E-state index in [-0.39, 0.29) is 18.6 Å². The van der Waals surface area contributed by atoms with E-state index in [1.54, 1.807) is 0 Å². The highest BCUT2D eigenvalue weighted by molar-refractivity contribution is 5.01. The summed E-state index contributed by atoms with van der Waals surface area (Å²) in [7, 11) is 0. The zero-order valence-corrected chi connectivity index (χ0v) is 8.02. The Morgan fingerprint density at radius 2 is 2.36 bits per heavy atom. The number of hydrogen-bond donors (Lipinski definition) is 2. The van der Waals surface area contributed by atoms with Crippen LogP contribution in [0.5, 0.6) is 0 Å². The fourth-order valence-corrected chi connectivity index (χ4v) is 1.91. The number of rotatable bonds is 3. The summed E-state index contributed by atoms with van der Waals surface area (Å²) in [5.74, 6) is 1.43. The first-order valence-electron chi connectivity index (χ1n) is 5.00. The fraction of sp³-hybridized carbons (Fsp3) is 0.778. The average Bonchev–Trinajstić information content (AvgIpc) is 2.74. The Morgan fingerprint density at radius 3 is 3.00 bits per heavy atom. The third-order valence-electron chi connectivity index (χ3n) is 2.71. The molecule has 0 radical (unpaired) electrons. The van der Waals surface area contributed by atoms with E-state index in [4.69, 9.17) is 15.4 Å². The lowest BCUT2D eigenvalue weighted by molar-refractivity contribution is 0.292. The quantitative estimate of drug-likeness (QED) is 0.723. The third kappa shape index (κ3) is 1.78. The van der Waals surface area contributed by atoms with Gasteiger partial charge in [-0.25, -0.2) is 0 Å². The summed E-state index contributed by atoms with van der Waals surface area (Å²) in [6, 6.07) is 0.150. The minimum atomic E-state index is 0.0513. The molecule has 3 N–H and O–H groups in total. The van der Waals surface area contributed by atoms with Crippen molar-refractivity contribution in [2.24, 2.45) is 5.73 Å². The van der Waals surface area contributed by atoms with Gasteiger partial charge in [-0.2, -0.15) is 4.98 Å². The molecule has 0 saturated heterocycles. The summed E-state index contributed by atoms with van der Waals surface area (Å²) < 4.78 is 5.12. The molecule has 2 atom stereocenters. The predicted molar refractivity (Wildman–Crippen MR) is 49.7 cm³/mol. The van der Waals surface area contributed by atoms with Gasteiger partial charge in [-0.05, 0) is 12.8 Å². The van der Waals surface area contributed by atoms with Crippen LogP contribution in [0.3, 0.4) is 0 Å². The molecular weight excluding hydrogens is 182 g/mol. The Labute approximate surface area is 82.3 Å². The number of aliphatic hydroxyl groups excluding tert-OH is 1. The highest BCUT2D eigenvalue weighted by atomic mass is 16.5. The van der Waals surface area contributed by atoms with Gasteiger partial charge in [0.2, 0.25) is 5.89 Å². The lowest BCUT2D eigenvalue weighted by Crippen LogP contribution is -2.22. The fourth-order valence-electron chi connectivity index (χ4n) is 1.91. The Hall–Kier alpha value is -0.940. The standard InChI is InChI=1S/C9H15N3O2/c10-7-3-1-2-6(7)9-11-8(4-5-13)12-14-9/h6-7,13H,1-5,10H2.